The smallest absolute Gasteiger partial charge is 0.103 e. The fourth-order valence-corrected chi connectivity index (χ4v) is 3.71. The molecule has 0 radical (unpaired) electrons. The molecule has 2 aromatic rings. The summed E-state index contributed by atoms with van der Waals surface area (Å²) >= 11 is 3.62. The molecule has 0 aliphatic rings. The molecule has 0 unspecified atom stereocenters. The van der Waals surface area contributed by atoms with E-state index in [-0.39, 0.29) is 5.41 Å². The molecule has 0 bridgehead atoms. The van der Waals surface area contributed by atoms with Gasteiger partial charge in [-0.2, -0.15) is 0 Å². The third-order valence-corrected chi connectivity index (χ3v) is 5.04. The Bertz CT molecular complexity index is 538. The lowest BCUT2D eigenvalue weighted by atomic mass is 9.93. The molecule has 0 aliphatic carbocycles. The van der Waals surface area contributed by atoms with Gasteiger partial charge in [-0.1, -0.05) is 32.9 Å². The van der Waals surface area contributed by atoms with E-state index < -0.39 is 0 Å². The van der Waals surface area contributed by atoms with Gasteiger partial charge in [0.05, 0.1) is 11.4 Å². The van der Waals surface area contributed by atoms with Gasteiger partial charge < -0.3 is 5.32 Å². The second kappa shape index (κ2) is 6.74. The average molecular weight is 306 g/mol. The first-order valence-electron chi connectivity index (χ1n) is 6.80. The van der Waals surface area contributed by atoms with Crippen molar-refractivity contribution in [2.24, 2.45) is 0 Å². The molecule has 2 nitrogen and oxygen atoms in total. The van der Waals surface area contributed by atoms with Crippen molar-refractivity contribution in [3.8, 4) is 0 Å². The minimum absolute atomic E-state index is 0.147. The van der Waals surface area contributed by atoms with E-state index in [9.17, 15) is 0 Å². The van der Waals surface area contributed by atoms with Crippen LogP contribution >= 0.6 is 23.1 Å². The van der Waals surface area contributed by atoms with Crippen LogP contribution in [0.3, 0.4) is 0 Å². The second-order valence-corrected chi connectivity index (χ2v) is 7.83. The van der Waals surface area contributed by atoms with Crippen LogP contribution in [-0.2, 0) is 17.7 Å². The molecule has 4 heteroatoms. The lowest BCUT2D eigenvalue weighted by Gasteiger charge is -2.14. The summed E-state index contributed by atoms with van der Waals surface area (Å²) < 4.78 is 0. The molecule has 108 valence electrons. The van der Waals surface area contributed by atoms with Crippen molar-refractivity contribution in [1.29, 1.82) is 0 Å². The number of nitrogens with one attached hydrogen (secondary N) is 1. The zero-order valence-corrected chi connectivity index (χ0v) is 14.2. The van der Waals surface area contributed by atoms with E-state index in [2.05, 4.69) is 55.7 Å². The lowest BCUT2D eigenvalue weighted by molar-refractivity contribution is 0.572. The van der Waals surface area contributed by atoms with Crippen LogP contribution in [0.4, 0.5) is 0 Å². The van der Waals surface area contributed by atoms with Crippen LogP contribution in [-0.4, -0.2) is 12.0 Å². The molecule has 2 rings (SSSR count). The predicted octanol–water partition coefficient (Wildman–Crippen LogP) is 4.45. The van der Waals surface area contributed by atoms with E-state index in [1.165, 1.54) is 21.2 Å². The van der Waals surface area contributed by atoms with Crippen molar-refractivity contribution in [3.63, 3.8) is 0 Å². The number of hydrogen-bond acceptors (Lipinski definition) is 4. The Morgan fingerprint density at radius 3 is 2.45 bits per heavy atom. The number of thiazole rings is 1. The third-order valence-electron chi connectivity index (χ3n) is 2.99. The highest BCUT2D eigenvalue weighted by atomic mass is 32.2. The summed E-state index contributed by atoms with van der Waals surface area (Å²) in [5.41, 5.74) is 2.66. The van der Waals surface area contributed by atoms with E-state index in [0.29, 0.717) is 0 Å². The van der Waals surface area contributed by atoms with E-state index in [1.54, 1.807) is 11.3 Å². The van der Waals surface area contributed by atoms with Crippen LogP contribution in [0.2, 0.25) is 0 Å². The van der Waals surface area contributed by atoms with Gasteiger partial charge in [-0.05, 0) is 24.7 Å². The van der Waals surface area contributed by atoms with Gasteiger partial charge in [0.1, 0.15) is 5.01 Å². The monoisotopic (exact) mass is 306 g/mol. The highest BCUT2D eigenvalue weighted by Gasteiger charge is 2.17. The Morgan fingerprint density at radius 2 is 1.90 bits per heavy atom. The first-order valence-corrected chi connectivity index (χ1v) is 8.67. The molecular weight excluding hydrogens is 284 g/mol. The Kier molecular flexibility index (Phi) is 5.24. The van der Waals surface area contributed by atoms with E-state index in [1.807, 2.05) is 18.8 Å². The van der Waals surface area contributed by atoms with Gasteiger partial charge in [-0.25, -0.2) is 4.98 Å². The summed E-state index contributed by atoms with van der Waals surface area (Å²) in [5, 5.41) is 6.56. The van der Waals surface area contributed by atoms with Crippen LogP contribution < -0.4 is 5.32 Å². The standard InChI is InChI=1S/C16H22N2S2/c1-16(2,3)14-10-20-15(18-14)11-19-13-7-5-12(6-8-13)9-17-4/h5-8,10,17H,9,11H2,1-4H3. The van der Waals surface area contributed by atoms with Crippen LogP contribution in [0.1, 0.15) is 37.0 Å². The molecule has 0 spiro atoms. The number of thioether (sulfide) groups is 1. The van der Waals surface area contributed by atoms with Gasteiger partial charge in [-0.3, -0.25) is 0 Å². The Balaban J connectivity index is 1.93. The van der Waals surface area contributed by atoms with Crippen molar-refractivity contribution < 1.29 is 0 Å². The number of nitrogens with zero attached hydrogens (tertiary/aromatic N) is 1. The quantitative estimate of drug-likeness (QED) is 0.826. The summed E-state index contributed by atoms with van der Waals surface area (Å²) in [7, 11) is 1.97. The van der Waals surface area contributed by atoms with Crippen molar-refractivity contribution in [2.75, 3.05) is 7.05 Å². The molecule has 1 aromatic carbocycles. The number of aromatic nitrogens is 1. The minimum atomic E-state index is 0.147. The van der Waals surface area contributed by atoms with Crippen molar-refractivity contribution in [2.45, 2.75) is 43.4 Å². The van der Waals surface area contributed by atoms with Gasteiger partial charge in [-0.15, -0.1) is 23.1 Å². The maximum Gasteiger partial charge on any atom is 0.103 e. The number of benzene rings is 1. The van der Waals surface area contributed by atoms with Crippen LogP contribution in [0.25, 0.3) is 0 Å². The summed E-state index contributed by atoms with van der Waals surface area (Å²) in [5.74, 6) is 0.951. The van der Waals surface area contributed by atoms with Crippen molar-refractivity contribution in [3.05, 3.63) is 45.9 Å². The van der Waals surface area contributed by atoms with Gasteiger partial charge in [0.25, 0.3) is 0 Å². The highest BCUT2D eigenvalue weighted by Crippen LogP contribution is 2.28. The highest BCUT2D eigenvalue weighted by molar-refractivity contribution is 7.98. The third kappa shape index (κ3) is 4.33. The largest absolute Gasteiger partial charge is 0.316 e. The summed E-state index contributed by atoms with van der Waals surface area (Å²) in [6.45, 7) is 7.55. The molecule has 20 heavy (non-hydrogen) atoms. The Morgan fingerprint density at radius 1 is 1.20 bits per heavy atom. The van der Waals surface area contributed by atoms with E-state index >= 15 is 0 Å². The first-order chi connectivity index (χ1) is 9.49. The van der Waals surface area contributed by atoms with Gasteiger partial charge >= 0.3 is 0 Å². The topological polar surface area (TPSA) is 24.9 Å². The first kappa shape index (κ1) is 15.5. The Hall–Kier alpha value is -0.840. The molecule has 1 heterocycles. The van der Waals surface area contributed by atoms with Gasteiger partial charge in [0, 0.05) is 22.2 Å². The number of hydrogen-bond donors (Lipinski definition) is 1. The fourth-order valence-electron chi connectivity index (χ4n) is 1.77. The molecule has 1 aromatic heterocycles. The summed E-state index contributed by atoms with van der Waals surface area (Å²) in [4.78, 5) is 6.03. The van der Waals surface area contributed by atoms with E-state index in [4.69, 9.17) is 4.98 Å². The van der Waals surface area contributed by atoms with Crippen LogP contribution in [0.5, 0.6) is 0 Å². The lowest BCUT2D eigenvalue weighted by Crippen LogP contribution is -2.11. The molecule has 1 N–H and O–H groups in total. The molecule has 0 atom stereocenters. The zero-order valence-electron chi connectivity index (χ0n) is 12.6. The van der Waals surface area contributed by atoms with E-state index in [0.717, 1.165) is 12.3 Å². The second-order valence-electron chi connectivity index (χ2n) is 5.84. The molecule has 0 saturated carbocycles. The molecule has 0 saturated heterocycles. The predicted molar refractivity (Wildman–Crippen MR) is 89.6 cm³/mol. The molecule has 0 aliphatic heterocycles. The van der Waals surface area contributed by atoms with Crippen LogP contribution in [0, 0.1) is 0 Å². The maximum atomic E-state index is 4.73. The SMILES string of the molecule is CNCc1ccc(SCc2nc(C(C)(C)C)cs2)cc1. The normalized spacial score (nSPS) is 11.8. The zero-order chi connectivity index (χ0) is 14.6. The molecular formula is C16H22N2S2. The average Bonchev–Trinajstić information content (AvgIpc) is 2.87. The van der Waals surface area contributed by atoms with Gasteiger partial charge in [0.15, 0.2) is 0 Å². The summed E-state index contributed by atoms with van der Waals surface area (Å²) in [6, 6.07) is 8.74. The maximum absolute atomic E-state index is 4.73. The van der Waals surface area contributed by atoms with Crippen molar-refractivity contribution in [1.82, 2.24) is 10.3 Å². The Labute approximate surface area is 130 Å². The summed E-state index contributed by atoms with van der Waals surface area (Å²) in [6.07, 6.45) is 0. The van der Waals surface area contributed by atoms with Crippen LogP contribution in [0.15, 0.2) is 34.5 Å². The minimum Gasteiger partial charge on any atom is -0.316 e. The number of rotatable bonds is 5. The van der Waals surface area contributed by atoms with Gasteiger partial charge in [0.2, 0.25) is 0 Å². The fraction of sp³-hybridized carbons (Fsp3) is 0.438. The van der Waals surface area contributed by atoms with Crippen molar-refractivity contribution >= 4 is 23.1 Å². The molecule has 0 amide bonds. The molecule has 0 fully saturated rings.